The minimum Gasteiger partial charge on any atom is -0.497 e. The summed E-state index contributed by atoms with van der Waals surface area (Å²) in [5.74, 6) is 0.551. The van der Waals surface area contributed by atoms with Gasteiger partial charge in [0.05, 0.1) is 24.3 Å². The second kappa shape index (κ2) is 8.16. The summed E-state index contributed by atoms with van der Waals surface area (Å²) in [4.78, 5) is 4.61. The summed E-state index contributed by atoms with van der Waals surface area (Å²) in [5, 5.41) is 0.0519. The molecule has 0 aliphatic rings. The van der Waals surface area contributed by atoms with Crippen molar-refractivity contribution < 1.29 is 13.2 Å². The van der Waals surface area contributed by atoms with E-state index in [0.29, 0.717) is 17.0 Å². The van der Waals surface area contributed by atoms with Crippen molar-refractivity contribution in [1.29, 1.82) is 0 Å². The Labute approximate surface area is 176 Å². The summed E-state index contributed by atoms with van der Waals surface area (Å²) in [7, 11) is -0.338. The Morgan fingerprint density at radius 1 is 0.833 bits per heavy atom. The smallest absolute Gasteiger partial charge is 0.228 e. The molecular formula is C24H22N2O3S. The third-order valence-electron chi connectivity index (χ3n) is 4.94. The highest BCUT2D eigenvalue weighted by atomic mass is 32.2. The van der Waals surface area contributed by atoms with Gasteiger partial charge in [0.15, 0.2) is 0 Å². The lowest BCUT2D eigenvalue weighted by molar-refractivity contribution is 0.414. The zero-order valence-electron chi connectivity index (χ0n) is 16.8. The molecule has 1 aromatic heterocycles. The van der Waals surface area contributed by atoms with Crippen LogP contribution >= 0.6 is 0 Å². The minimum atomic E-state index is -3.67. The third-order valence-corrected chi connectivity index (χ3v) is 6.58. The number of hydrogen-bond donors (Lipinski definition) is 0. The Morgan fingerprint density at radius 3 is 1.97 bits per heavy atom. The van der Waals surface area contributed by atoms with Crippen molar-refractivity contribution in [3.05, 3.63) is 90.5 Å². The molecular weight excluding hydrogens is 396 g/mol. The molecule has 0 aliphatic heterocycles. The van der Waals surface area contributed by atoms with Crippen molar-refractivity contribution >= 4 is 9.84 Å². The Hall–Kier alpha value is -3.38. The molecule has 3 aromatic carbocycles. The van der Waals surface area contributed by atoms with Gasteiger partial charge in [-0.25, -0.2) is 13.4 Å². The SMILES string of the molecule is COc1ccc(CS(=O)(=O)c2nc(-c3ccccc3)c(-c3ccccc3)n2C)cc1. The molecule has 0 aliphatic carbocycles. The van der Waals surface area contributed by atoms with Crippen molar-refractivity contribution in [1.82, 2.24) is 9.55 Å². The molecule has 0 N–H and O–H groups in total. The fraction of sp³-hybridized carbons (Fsp3) is 0.125. The van der Waals surface area contributed by atoms with Crippen LogP contribution in [0, 0.1) is 0 Å². The van der Waals surface area contributed by atoms with Crippen LogP contribution < -0.4 is 4.74 Å². The van der Waals surface area contributed by atoms with E-state index < -0.39 is 9.84 Å². The standard InChI is InChI=1S/C24H22N2O3S/c1-26-23(20-11-7-4-8-12-20)22(19-9-5-3-6-10-19)25-24(26)30(27,28)17-18-13-15-21(29-2)16-14-18/h3-16H,17H2,1-2H3. The monoisotopic (exact) mass is 418 g/mol. The van der Waals surface area contributed by atoms with Gasteiger partial charge in [-0.15, -0.1) is 0 Å². The van der Waals surface area contributed by atoms with Crippen LogP contribution in [0.1, 0.15) is 5.56 Å². The lowest BCUT2D eigenvalue weighted by Gasteiger charge is -2.09. The van der Waals surface area contributed by atoms with E-state index in [9.17, 15) is 8.42 Å². The number of hydrogen-bond acceptors (Lipinski definition) is 4. The van der Waals surface area contributed by atoms with Crippen molar-refractivity contribution in [2.24, 2.45) is 7.05 Å². The normalized spacial score (nSPS) is 11.4. The second-order valence-corrected chi connectivity index (χ2v) is 8.87. The molecule has 0 fully saturated rings. The molecule has 4 rings (SSSR count). The van der Waals surface area contributed by atoms with Crippen molar-refractivity contribution in [3.63, 3.8) is 0 Å². The van der Waals surface area contributed by atoms with E-state index in [1.807, 2.05) is 60.7 Å². The first-order chi connectivity index (χ1) is 14.5. The molecule has 0 saturated heterocycles. The highest BCUT2D eigenvalue weighted by Crippen LogP contribution is 2.34. The topological polar surface area (TPSA) is 61.2 Å². The summed E-state index contributed by atoms with van der Waals surface area (Å²) < 4.78 is 33.4. The maximum absolute atomic E-state index is 13.3. The van der Waals surface area contributed by atoms with Crippen LogP contribution in [0.4, 0.5) is 0 Å². The molecule has 0 spiro atoms. The van der Waals surface area contributed by atoms with Crippen molar-refractivity contribution in [2.75, 3.05) is 7.11 Å². The molecule has 1 heterocycles. The average Bonchev–Trinajstić information content (AvgIpc) is 3.13. The number of benzene rings is 3. The molecule has 5 nitrogen and oxygen atoms in total. The van der Waals surface area contributed by atoms with E-state index >= 15 is 0 Å². The van der Waals surface area contributed by atoms with E-state index in [1.165, 1.54) is 0 Å². The maximum Gasteiger partial charge on any atom is 0.228 e. The van der Waals surface area contributed by atoms with Crippen LogP contribution in [-0.2, 0) is 22.6 Å². The zero-order valence-corrected chi connectivity index (χ0v) is 17.6. The van der Waals surface area contributed by atoms with Gasteiger partial charge in [-0.2, -0.15) is 0 Å². The zero-order chi connectivity index (χ0) is 21.1. The number of methoxy groups -OCH3 is 1. The van der Waals surface area contributed by atoms with Gasteiger partial charge in [0.1, 0.15) is 5.75 Å². The van der Waals surface area contributed by atoms with Crippen molar-refractivity contribution in [3.8, 4) is 28.3 Å². The fourth-order valence-corrected chi connectivity index (χ4v) is 4.98. The number of rotatable bonds is 6. The Bertz CT molecular complexity index is 1250. The molecule has 0 atom stereocenters. The number of aromatic nitrogens is 2. The number of ether oxygens (including phenoxy) is 1. The van der Waals surface area contributed by atoms with Crippen LogP contribution in [0.25, 0.3) is 22.5 Å². The molecule has 30 heavy (non-hydrogen) atoms. The number of sulfone groups is 1. The van der Waals surface area contributed by atoms with Crippen LogP contribution in [0.5, 0.6) is 5.75 Å². The first kappa shape index (κ1) is 19.9. The number of imidazole rings is 1. The van der Waals surface area contributed by atoms with Crippen LogP contribution in [0.3, 0.4) is 0 Å². The number of nitrogens with zero attached hydrogens (tertiary/aromatic N) is 2. The fourth-order valence-electron chi connectivity index (χ4n) is 3.49. The first-order valence-electron chi connectivity index (χ1n) is 9.53. The Balaban J connectivity index is 1.83. The maximum atomic E-state index is 13.3. The van der Waals surface area contributed by atoms with Gasteiger partial charge in [-0.1, -0.05) is 72.8 Å². The highest BCUT2D eigenvalue weighted by Gasteiger charge is 2.26. The van der Waals surface area contributed by atoms with Gasteiger partial charge in [0.25, 0.3) is 0 Å². The van der Waals surface area contributed by atoms with E-state index in [1.54, 1.807) is 43.0 Å². The largest absolute Gasteiger partial charge is 0.497 e. The summed E-state index contributed by atoms with van der Waals surface area (Å²) in [6.45, 7) is 0. The molecule has 0 saturated carbocycles. The molecule has 4 aromatic rings. The van der Waals surface area contributed by atoms with Crippen molar-refractivity contribution in [2.45, 2.75) is 10.9 Å². The quantitative estimate of drug-likeness (QED) is 0.454. The first-order valence-corrected chi connectivity index (χ1v) is 11.2. The van der Waals surface area contributed by atoms with Gasteiger partial charge < -0.3 is 9.30 Å². The molecule has 0 bridgehead atoms. The van der Waals surface area contributed by atoms with Gasteiger partial charge >= 0.3 is 0 Å². The average molecular weight is 419 g/mol. The third kappa shape index (κ3) is 3.86. The van der Waals surface area contributed by atoms with Gasteiger partial charge in [-0.3, -0.25) is 0 Å². The van der Waals surface area contributed by atoms with Crippen LogP contribution in [0.15, 0.2) is 90.1 Å². The van der Waals surface area contributed by atoms with E-state index in [2.05, 4.69) is 4.98 Å². The molecule has 0 radical (unpaired) electrons. The van der Waals surface area contributed by atoms with E-state index in [4.69, 9.17) is 4.74 Å². The van der Waals surface area contributed by atoms with E-state index in [-0.39, 0.29) is 10.9 Å². The Kier molecular flexibility index (Phi) is 5.42. The van der Waals surface area contributed by atoms with Gasteiger partial charge in [0.2, 0.25) is 15.0 Å². The van der Waals surface area contributed by atoms with Crippen LogP contribution in [0.2, 0.25) is 0 Å². The van der Waals surface area contributed by atoms with E-state index in [0.717, 1.165) is 16.8 Å². The second-order valence-electron chi connectivity index (χ2n) is 6.99. The minimum absolute atomic E-state index is 0.0519. The Morgan fingerprint density at radius 2 is 1.40 bits per heavy atom. The van der Waals surface area contributed by atoms with Gasteiger partial charge in [0, 0.05) is 18.2 Å². The predicted molar refractivity (Wildman–Crippen MR) is 118 cm³/mol. The lowest BCUT2D eigenvalue weighted by atomic mass is 10.1. The van der Waals surface area contributed by atoms with Crippen LogP contribution in [-0.4, -0.2) is 25.1 Å². The summed E-state index contributed by atoms with van der Waals surface area (Å²) in [5.41, 5.74) is 3.89. The molecule has 0 unspecified atom stereocenters. The predicted octanol–water partition coefficient (Wildman–Crippen LogP) is 4.74. The summed E-state index contributed by atoms with van der Waals surface area (Å²) in [6.07, 6.45) is 0. The molecule has 152 valence electrons. The highest BCUT2D eigenvalue weighted by molar-refractivity contribution is 7.90. The molecule has 0 amide bonds. The molecule has 6 heteroatoms. The summed E-state index contributed by atoms with van der Waals surface area (Å²) >= 11 is 0. The lowest BCUT2D eigenvalue weighted by Crippen LogP contribution is -2.11. The summed E-state index contributed by atoms with van der Waals surface area (Å²) in [6, 6.07) is 26.4. The van der Waals surface area contributed by atoms with Gasteiger partial charge in [-0.05, 0) is 17.7 Å².